The van der Waals surface area contributed by atoms with Crippen molar-refractivity contribution in [3.05, 3.63) is 58.6 Å². The fourth-order valence-electron chi connectivity index (χ4n) is 4.08. The maximum atomic E-state index is 12.8. The topological polar surface area (TPSA) is 125 Å². The van der Waals surface area contributed by atoms with E-state index in [0.717, 1.165) is 5.69 Å². The number of piperazine rings is 1. The van der Waals surface area contributed by atoms with Gasteiger partial charge in [-0.15, -0.1) is 4.40 Å². The molecular weight excluding hydrogens is 446 g/mol. The third-order valence-electron chi connectivity index (χ3n) is 5.80. The average Bonchev–Trinajstić information content (AvgIpc) is 2.78. The third kappa shape index (κ3) is 5.14. The van der Waals surface area contributed by atoms with Gasteiger partial charge in [-0.2, -0.15) is 8.42 Å². The number of benzene rings is 2. The van der Waals surface area contributed by atoms with E-state index in [9.17, 15) is 23.3 Å². The zero-order chi connectivity index (χ0) is 23.6. The largest absolute Gasteiger partial charge is 0.368 e. The Morgan fingerprint density at radius 3 is 2.45 bits per heavy atom. The number of sulfonamides is 1. The van der Waals surface area contributed by atoms with Gasteiger partial charge in [-0.05, 0) is 30.2 Å². The van der Waals surface area contributed by atoms with E-state index in [-0.39, 0.29) is 22.4 Å². The number of nitro benzene ring substituents is 1. The Kier molecular flexibility index (Phi) is 6.32. The number of fused-ring (bicyclic) bond motifs is 1. The molecular formula is C22H25N5O5S. The lowest BCUT2D eigenvalue weighted by Crippen LogP contribution is -2.49. The van der Waals surface area contributed by atoms with E-state index in [0.29, 0.717) is 50.5 Å². The first-order valence-electron chi connectivity index (χ1n) is 10.7. The Morgan fingerprint density at radius 2 is 1.79 bits per heavy atom. The minimum absolute atomic E-state index is 0.0190. The summed E-state index contributed by atoms with van der Waals surface area (Å²) in [5, 5.41) is 13.9. The van der Waals surface area contributed by atoms with Crippen molar-refractivity contribution in [2.45, 2.75) is 24.7 Å². The summed E-state index contributed by atoms with van der Waals surface area (Å²) >= 11 is 0. The fourth-order valence-corrected chi connectivity index (χ4v) is 5.24. The molecule has 1 amide bonds. The second-order valence-electron chi connectivity index (χ2n) is 8.29. The number of non-ortho nitro benzene ring substituents is 1. The maximum absolute atomic E-state index is 12.8. The number of amides is 1. The van der Waals surface area contributed by atoms with Gasteiger partial charge in [0.15, 0.2) is 0 Å². The van der Waals surface area contributed by atoms with Crippen LogP contribution >= 0.6 is 0 Å². The zero-order valence-electron chi connectivity index (χ0n) is 18.2. The summed E-state index contributed by atoms with van der Waals surface area (Å²) < 4.78 is 28.7. The Labute approximate surface area is 192 Å². The molecule has 2 aliphatic heterocycles. The smallest absolute Gasteiger partial charge is 0.286 e. The molecule has 0 aromatic heterocycles. The minimum Gasteiger partial charge on any atom is -0.368 e. The van der Waals surface area contributed by atoms with Crippen molar-refractivity contribution < 1.29 is 18.1 Å². The summed E-state index contributed by atoms with van der Waals surface area (Å²) in [7, 11) is -3.74. The van der Waals surface area contributed by atoms with Crippen LogP contribution < -0.4 is 10.2 Å². The monoisotopic (exact) mass is 471 g/mol. The van der Waals surface area contributed by atoms with Gasteiger partial charge in [0.25, 0.3) is 15.7 Å². The molecule has 2 aliphatic rings. The molecule has 4 rings (SSSR count). The molecule has 2 aromatic rings. The molecule has 10 nitrogen and oxygen atoms in total. The van der Waals surface area contributed by atoms with E-state index in [4.69, 9.17) is 0 Å². The van der Waals surface area contributed by atoms with Crippen LogP contribution in [0, 0.1) is 16.0 Å². The van der Waals surface area contributed by atoms with E-state index in [2.05, 4.69) is 14.6 Å². The predicted molar refractivity (Wildman–Crippen MR) is 125 cm³/mol. The van der Waals surface area contributed by atoms with Crippen LogP contribution in [0.5, 0.6) is 0 Å². The summed E-state index contributed by atoms with van der Waals surface area (Å²) in [4.78, 5) is 27.2. The highest BCUT2D eigenvalue weighted by atomic mass is 32.2. The second kappa shape index (κ2) is 9.18. The van der Waals surface area contributed by atoms with Crippen molar-refractivity contribution in [3.63, 3.8) is 0 Å². The molecule has 174 valence electrons. The van der Waals surface area contributed by atoms with Crippen LogP contribution in [0.2, 0.25) is 0 Å². The molecule has 11 heteroatoms. The van der Waals surface area contributed by atoms with Crippen molar-refractivity contribution in [2.24, 2.45) is 10.3 Å². The molecule has 2 heterocycles. The number of nitro groups is 1. The first kappa shape index (κ1) is 22.7. The van der Waals surface area contributed by atoms with Gasteiger partial charge in [-0.25, -0.2) is 0 Å². The van der Waals surface area contributed by atoms with E-state index in [1.54, 1.807) is 35.2 Å². The molecule has 0 radical (unpaired) electrons. The first-order chi connectivity index (χ1) is 15.7. The van der Waals surface area contributed by atoms with Gasteiger partial charge in [0.1, 0.15) is 10.7 Å². The molecule has 1 fully saturated rings. The van der Waals surface area contributed by atoms with Gasteiger partial charge >= 0.3 is 0 Å². The number of nitrogens with zero attached hydrogens (tertiary/aromatic N) is 4. The minimum atomic E-state index is -3.74. The van der Waals surface area contributed by atoms with Gasteiger partial charge in [0.2, 0.25) is 5.91 Å². The van der Waals surface area contributed by atoms with E-state index in [1.807, 2.05) is 6.92 Å². The van der Waals surface area contributed by atoms with Crippen LogP contribution in [-0.2, 0) is 14.8 Å². The number of anilines is 2. The SMILES string of the molecule is C[C@@H](CC(=O)N1CCN(c2ccc([N+](=O)[O-])cc2)CC1)CC1=NS(=O)(=O)c2ccccc2N1. The highest BCUT2D eigenvalue weighted by Crippen LogP contribution is 2.28. The van der Waals surface area contributed by atoms with Crippen molar-refractivity contribution in [2.75, 3.05) is 36.4 Å². The Bertz CT molecular complexity index is 1190. The predicted octanol–water partition coefficient (Wildman–Crippen LogP) is 2.87. The number of para-hydroxylation sites is 1. The molecule has 0 aliphatic carbocycles. The third-order valence-corrected chi connectivity index (χ3v) is 7.17. The van der Waals surface area contributed by atoms with Gasteiger partial charge in [0.05, 0.1) is 10.6 Å². The molecule has 0 spiro atoms. The highest BCUT2D eigenvalue weighted by Gasteiger charge is 2.27. The number of carbonyl (C=O) groups excluding carboxylic acids is 1. The lowest BCUT2D eigenvalue weighted by molar-refractivity contribution is -0.384. The average molecular weight is 472 g/mol. The Balaban J connectivity index is 1.29. The van der Waals surface area contributed by atoms with Crippen LogP contribution in [0.25, 0.3) is 0 Å². The molecule has 0 unspecified atom stereocenters. The molecule has 0 bridgehead atoms. The Hall–Kier alpha value is -3.47. The summed E-state index contributed by atoms with van der Waals surface area (Å²) in [6, 6.07) is 13.0. The quantitative estimate of drug-likeness (QED) is 0.507. The van der Waals surface area contributed by atoms with E-state index in [1.165, 1.54) is 18.2 Å². The lowest BCUT2D eigenvalue weighted by atomic mass is 10.0. The number of hydrogen-bond donors (Lipinski definition) is 1. The van der Waals surface area contributed by atoms with Crippen molar-refractivity contribution >= 4 is 38.8 Å². The molecule has 33 heavy (non-hydrogen) atoms. The fraction of sp³-hybridized carbons (Fsp3) is 0.364. The number of rotatable bonds is 6. The Morgan fingerprint density at radius 1 is 1.12 bits per heavy atom. The molecule has 1 saturated heterocycles. The maximum Gasteiger partial charge on any atom is 0.286 e. The van der Waals surface area contributed by atoms with E-state index < -0.39 is 14.9 Å². The first-order valence-corrected chi connectivity index (χ1v) is 12.1. The molecule has 1 atom stereocenters. The van der Waals surface area contributed by atoms with Crippen LogP contribution in [-0.4, -0.2) is 56.2 Å². The van der Waals surface area contributed by atoms with Crippen LogP contribution in [0.3, 0.4) is 0 Å². The number of nitrogens with one attached hydrogen (secondary N) is 1. The van der Waals surface area contributed by atoms with Crippen molar-refractivity contribution in [1.82, 2.24) is 4.90 Å². The lowest BCUT2D eigenvalue weighted by Gasteiger charge is -2.36. The van der Waals surface area contributed by atoms with Gasteiger partial charge < -0.3 is 15.1 Å². The molecule has 1 N–H and O–H groups in total. The van der Waals surface area contributed by atoms with Gasteiger partial charge in [-0.1, -0.05) is 19.1 Å². The van der Waals surface area contributed by atoms with Crippen LogP contribution in [0.1, 0.15) is 19.8 Å². The zero-order valence-corrected chi connectivity index (χ0v) is 19.0. The van der Waals surface area contributed by atoms with Gasteiger partial charge in [-0.3, -0.25) is 14.9 Å². The van der Waals surface area contributed by atoms with Crippen molar-refractivity contribution in [1.29, 1.82) is 0 Å². The number of hydrogen-bond acceptors (Lipinski definition) is 7. The highest BCUT2D eigenvalue weighted by molar-refractivity contribution is 7.90. The van der Waals surface area contributed by atoms with Crippen molar-refractivity contribution in [3.8, 4) is 0 Å². The molecule has 2 aromatic carbocycles. The standard InChI is InChI=1S/C22H25N5O5S/c1-16(14-21-23-19-4-2-3-5-20(19)33(31,32)24-21)15-22(28)26-12-10-25(11-13-26)17-6-8-18(9-7-17)27(29)30/h2-9,16H,10-15H2,1H3,(H,23,24)/t16-/m1/s1. The normalized spacial score (nSPS) is 18.0. The second-order valence-corrected chi connectivity index (χ2v) is 9.86. The van der Waals surface area contributed by atoms with Crippen LogP contribution in [0.4, 0.5) is 17.1 Å². The summed E-state index contributed by atoms with van der Waals surface area (Å²) in [6.45, 7) is 4.30. The number of carbonyl (C=O) groups is 1. The number of amidine groups is 1. The van der Waals surface area contributed by atoms with E-state index >= 15 is 0 Å². The van der Waals surface area contributed by atoms with Crippen LogP contribution in [0.15, 0.2) is 57.8 Å². The summed E-state index contributed by atoms with van der Waals surface area (Å²) in [5.74, 6) is 0.277. The van der Waals surface area contributed by atoms with Gasteiger partial charge in [0, 0.05) is 56.8 Å². The summed E-state index contributed by atoms with van der Waals surface area (Å²) in [5.41, 5.74) is 1.45. The molecule has 0 saturated carbocycles. The summed E-state index contributed by atoms with van der Waals surface area (Å²) in [6.07, 6.45) is 0.641.